The number of likely N-dealkylation sites (N-methyl/N-ethyl adjacent to an activating group) is 1. The van der Waals surface area contributed by atoms with Gasteiger partial charge in [0, 0.05) is 46.3 Å². The summed E-state index contributed by atoms with van der Waals surface area (Å²) >= 11 is 7.12. The molecule has 0 saturated carbocycles. The molecule has 0 saturated heterocycles. The monoisotopic (exact) mass is 773 g/mol. The number of benzene rings is 3. The van der Waals surface area contributed by atoms with Crippen molar-refractivity contribution >= 4 is 33.0 Å². The highest BCUT2D eigenvalue weighted by Crippen LogP contribution is 2.53. The zero-order chi connectivity index (χ0) is 39.7. The zero-order valence-electron chi connectivity index (χ0n) is 33.2. The number of halogens is 1. The first-order chi connectivity index (χ1) is 25.4. The van der Waals surface area contributed by atoms with Gasteiger partial charge >= 0.3 is 0 Å². The lowest BCUT2D eigenvalue weighted by molar-refractivity contribution is 0.391. The van der Waals surface area contributed by atoms with Crippen molar-refractivity contribution in [1.82, 2.24) is 0 Å². The molecule has 0 spiro atoms. The molecule has 1 aliphatic heterocycles. The molecule has 288 valence electrons. The Balaban J connectivity index is 0.000000438. The number of hydrogen-bond acceptors (Lipinski definition) is 7. The fourth-order valence-electron chi connectivity index (χ4n) is 7.79. The van der Waals surface area contributed by atoms with Crippen LogP contribution in [0, 0.1) is 6.92 Å². The van der Waals surface area contributed by atoms with E-state index in [0.29, 0.717) is 0 Å². The van der Waals surface area contributed by atoms with Crippen LogP contribution in [0.15, 0.2) is 105 Å². The fraction of sp³-hybridized carbons (Fsp3) is 0.364. The molecule has 0 amide bonds. The quantitative estimate of drug-likeness (QED) is 0.226. The highest BCUT2D eigenvalue weighted by Gasteiger charge is 2.41. The minimum Gasteiger partial charge on any atom is -0.497 e. The average Bonchev–Trinajstić information content (AvgIpc) is 3.45. The number of anilines is 1. The van der Waals surface area contributed by atoms with Crippen LogP contribution in [-0.4, -0.2) is 48.5 Å². The van der Waals surface area contributed by atoms with Gasteiger partial charge in [0.15, 0.2) is 0 Å². The molecule has 8 nitrogen and oxygen atoms in total. The van der Waals surface area contributed by atoms with Crippen LogP contribution >= 0.6 is 11.6 Å². The summed E-state index contributed by atoms with van der Waals surface area (Å²) in [6.45, 7) is 13.0. The molecule has 0 bridgehead atoms. The van der Waals surface area contributed by atoms with Crippen LogP contribution in [0.25, 0.3) is 5.57 Å². The largest absolute Gasteiger partial charge is 0.497 e. The van der Waals surface area contributed by atoms with Crippen molar-refractivity contribution < 1.29 is 31.9 Å². The summed E-state index contributed by atoms with van der Waals surface area (Å²) in [5.41, 5.74) is 11.2. The molecule has 1 heterocycles. The molecule has 3 aromatic rings. The molecule has 0 radical (unpaired) electrons. The summed E-state index contributed by atoms with van der Waals surface area (Å²) in [5.74, 6) is 3.25. The predicted molar refractivity (Wildman–Crippen MR) is 219 cm³/mol. The van der Waals surface area contributed by atoms with Crippen molar-refractivity contribution in [2.45, 2.75) is 76.5 Å². The summed E-state index contributed by atoms with van der Waals surface area (Å²) in [6.07, 6.45) is 11.9. The summed E-state index contributed by atoms with van der Waals surface area (Å²) < 4.78 is 52.2. The Morgan fingerprint density at radius 2 is 1.37 bits per heavy atom. The number of methoxy groups -OCH3 is 4. The van der Waals surface area contributed by atoms with E-state index in [1.54, 1.807) is 40.6 Å². The van der Waals surface area contributed by atoms with Crippen molar-refractivity contribution in [2.75, 3.05) is 40.4 Å². The minimum atomic E-state index is -4.02. The summed E-state index contributed by atoms with van der Waals surface area (Å²) in [5, 5.41) is 0.848. The minimum absolute atomic E-state index is 0.0666. The van der Waals surface area contributed by atoms with E-state index in [-0.39, 0.29) is 15.7 Å². The van der Waals surface area contributed by atoms with E-state index in [9.17, 15) is 8.42 Å². The van der Waals surface area contributed by atoms with E-state index in [1.807, 2.05) is 19.1 Å². The van der Waals surface area contributed by atoms with Gasteiger partial charge in [-0.05, 0) is 96.9 Å². The third kappa shape index (κ3) is 7.72. The van der Waals surface area contributed by atoms with Crippen molar-refractivity contribution in [2.24, 2.45) is 0 Å². The van der Waals surface area contributed by atoms with E-state index < -0.39 is 10.1 Å². The van der Waals surface area contributed by atoms with Crippen LogP contribution in [0.5, 0.6) is 23.0 Å². The smallest absolute Gasteiger partial charge is 0.294 e. The van der Waals surface area contributed by atoms with Gasteiger partial charge in [0.2, 0.25) is 0 Å². The molecule has 2 aliphatic carbocycles. The first kappa shape index (κ1) is 40.7. The summed E-state index contributed by atoms with van der Waals surface area (Å²) in [4.78, 5) is 2.16. The van der Waals surface area contributed by atoms with E-state index in [1.165, 1.54) is 45.7 Å². The molecule has 0 fully saturated rings. The third-order valence-electron chi connectivity index (χ3n) is 10.8. The second kappa shape index (κ2) is 15.7. The van der Waals surface area contributed by atoms with Gasteiger partial charge in [0.25, 0.3) is 10.1 Å². The van der Waals surface area contributed by atoms with Crippen LogP contribution in [0.2, 0.25) is 0 Å². The van der Waals surface area contributed by atoms with Gasteiger partial charge in [0.05, 0.1) is 39.0 Å². The maximum absolute atomic E-state index is 10.5. The van der Waals surface area contributed by atoms with Gasteiger partial charge in [-0.15, -0.1) is 0 Å². The maximum Gasteiger partial charge on any atom is 0.294 e. The molecule has 1 N–H and O–H groups in total. The number of hydrogen-bond donors (Lipinski definition) is 1. The highest BCUT2D eigenvalue weighted by molar-refractivity contribution is 7.85. The lowest BCUT2D eigenvalue weighted by Gasteiger charge is -2.25. The molecule has 0 atom stereocenters. The first-order valence-electron chi connectivity index (χ1n) is 17.9. The van der Waals surface area contributed by atoms with Gasteiger partial charge in [-0.1, -0.05) is 75.2 Å². The number of nitrogens with zero attached hydrogens (tertiary/aromatic N) is 1. The molecule has 3 aliphatic rings. The lowest BCUT2D eigenvalue weighted by Crippen LogP contribution is -2.22. The van der Waals surface area contributed by atoms with Gasteiger partial charge in [-0.2, -0.15) is 8.42 Å². The first-order valence-corrected chi connectivity index (χ1v) is 19.7. The van der Waals surface area contributed by atoms with Gasteiger partial charge in [-0.25, -0.2) is 0 Å². The van der Waals surface area contributed by atoms with Gasteiger partial charge in [-0.3, -0.25) is 4.55 Å². The average molecular weight is 774 g/mol. The standard InChI is InChI=1S/C37H44ClNO4.C7H8O3S/c1-22-27(36(2,3)28-18-25(40-7)20-30(42-9)33(22)28)16-14-23-12-11-13-24(34(23)38)15-17-32-37(4,5)29-19-26(41-8)21-31(43-10)35(29)39(32)6;1-6-2-4-7(5-3-6)11(8,9)10/h14-21H,11-13H2,1-10H3;2-5H,1H3,(H,8,9,10)/b16-14+,24-15?,32-17-;. The van der Waals surface area contributed by atoms with Crippen molar-refractivity contribution in [3.63, 3.8) is 0 Å². The van der Waals surface area contributed by atoms with E-state index in [4.69, 9.17) is 35.1 Å². The molecular weight excluding hydrogens is 722 g/mol. The Hall–Kier alpha value is -4.44. The topological polar surface area (TPSA) is 94.5 Å². The number of allylic oxidation sites excluding steroid dienone is 10. The van der Waals surface area contributed by atoms with Crippen LogP contribution in [0.3, 0.4) is 0 Å². The predicted octanol–water partition coefficient (Wildman–Crippen LogP) is 10.5. The van der Waals surface area contributed by atoms with Crippen molar-refractivity contribution in [1.29, 1.82) is 0 Å². The Bertz CT molecular complexity index is 2210. The number of ether oxygens (including phenoxy) is 4. The Kier molecular flexibility index (Phi) is 11.9. The molecule has 54 heavy (non-hydrogen) atoms. The second-order valence-electron chi connectivity index (χ2n) is 14.9. The molecule has 0 unspecified atom stereocenters. The summed E-state index contributed by atoms with van der Waals surface area (Å²) in [7, 11) is 4.89. The Labute approximate surface area is 326 Å². The van der Waals surface area contributed by atoms with E-state index in [2.05, 4.69) is 83.0 Å². The third-order valence-corrected chi connectivity index (χ3v) is 12.2. The number of aryl methyl sites for hydroxylation is 1. The molecule has 10 heteroatoms. The Morgan fingerprint density at radius 3 is 1.94 bits per heavy atom. The van der Waals surface area contributed by atoms with Crippen LogP contribution in [0.1, 0.15) is 76.1 Å². The normalized spacial score (nSPS) is 18.9. The van der Waals surface area contributed by atoms with Gasteiger partial charge < -0.3 is 23.8 Å². The van der Waals surface area contributed by atoms with Crippen molar-refractivity contribution in [3.05, 3.63) is 123 Å². The zero-order valence-corrected chi connectivity index (χ0v) is 34.8. The number of fused-ring (bicyclic) bond motifs is 2. The number of rotatable bonds is 8. The highest BCUT2D eigenvalue weighted by atomic mass is 35.5. The molecule has 6 rings (SSSR count). The molecule has 0 aromatic heterocycles. The van der Waals surface area contributed by atoms with Crippen molar-refractivity contribution in [3.8, 4) is 23.0 Å². The van der Waals surface area contributed by atoms with Gasteiger partial charge in [0.1, 0.15) is 23.0 Å². The Morgan fingerprint density at radius 1 is 0.778 bits per heavy atom. The maximum atomic E-state index is 10.5. The van der Waals surface area contributed by atoms with E-state index >= 15 is 0 Å². The van der Waals surface area contributed by atoms with Crippen LogP contribution < -0.4 is 23.8 Å². The summed E-state index contributed by atoms with van der Waals surface area (Å²) in [6, 6.07) is 14.1. The lowest BCUT2D eigenvalue weighted by atomic mass is 9.80. The SMILES string of the molecule is COc1cc(OC)c2c(c1)C(C)(C)C(/C=C/C1=C(Cl)C(=C/C=C3\N(C)c4c(OC)cc(OC)cc4C3(C)C)CCC1)=C2C.Cc1ccc(S(=O)(=O)O)cc1. The molecular formula is C44H52ClNO7S. The second-order valence-corrected chi connectivity index (χ2v) is 16.7. The van der Waals surface area contributed by atoms with E-state index in [0.717, 1.165) is 69.7 Å². The van der Waals surface area contributed by atoms with Crippen LogP contribution in [0.4, 0.5) is 5.69 Å². The van der Waals surface area contributed by atoms with Crippen LogP contribution in [-0.2, 0) is 20.9 Å². The fourth-order valence-corrected chi connectivity index (χ4v) is 8.58. The molecule has 3 aromatic carbocycles.